The van der Waals surface area contributed by atoms with Gasteiger partial charge in [0, 0.05) is 15.3 Å². The summed E-state index contributed by atoms with van der Waals surface area (Å²) in [5, 5.41) is 16.0. The number of rotatable bonds is 2. The number of carbonyl (C=O) groups excluding carboxylic acids is 2. The molecule has 0 saturated heterocycles. The normalized spacial score (nSPS) is 18.7. The molecule has 2 heterocycles. The Morgan fingerprint density at radius 1 is 1.25 bits per heavy atom. The van der Waals surface area contributed by atoms with Crippen molar-refractivity contribution in [2.45, 2.75) is 55.6 Å². The molecule has 0 fully saturated rings. The lowest BCUT2D eigenvalue weighted by atomic mass is 9.97. The van der Waals surface area contributed by atoms with Gasteiger partial charge in [-0.1, -0.05) is 12.8 Å². The summed E-state index contributed by atoms with van der Waals surface area (Å²) in [5.74, 6) is -0.314. The third-order valence-corrected chi connectivity index (χ3v) is 7.57. The first kappa shape index (κ1) is 19.0. The van der Waals surface area contributed by atoms with Crippen molar-refractivity contribution in [2.75, 3.05) is 10.6 Å². The van der Waals surface area contributed by atoms with Gasteiger partial charge in [-0.15, -0.1) is 23.1 Å². The second-order valence-electron chi connectivity index (χ2n) is 7.15. The summed E-state index contributed by atoms with van der Waals surface area (Å²) in [7, 11) is 0. The monoisotopic (exact) mass is 411 g/mol. The van der Waals surface area contributed by atoms with E-state index < -0.39 is 0 Å². The second-order valence-corrected chi connectivity index (χ2v) is 9.64. The van der Waals surface area contributed by atoms with Crippen LogP contribution in [0, 0.1) is 11.3 Å². The van der Waals surface area contributed by atoms with Crippen LogP contribution in [0.4, 0.5) is 10.7 Å². The predicted octanol–water partition coefficient (Wildman–Crippen LogP) is 4.96. The van der Waals surface area contributed by atoms with Gasteiger partial charge in [0.25, 0.3) is 5.91 Å². The van der Waals surface area contributed by atoms with Crippen LogP contribution < -0.4 is 10.6 Å². The van der Waals surface area contributed by atoms with E-state index in [2.05, 4.69) is 16.7 Å². The molecule has 28 heavy (non-hydrogen) atoms. The molecule has 0 spiro atoms. The second kappa shape index (κ2) is 7.98. The number of carbonyl (C=O) groups is 2. The third-order valence-electron chi connectivity index (χ3n) is 5.18. The molecule has 0 bridgehead atoms. The minimum absolute atomic E-state index is 0.0557. The van der Waals surface area contributed by atoms with Crippen molar-refractivity contribution in [1.82, 2.24) is 0 Å². The van der Waals surface area contributed by atoms with Crippen LogP contribution in [0.1, 0.15) is 59.0 Å². The molecule has 2 N–H and O–H groups in total. The van der Waals surface area contributed by atoms with Crippen LogP contribution in [-0.4, -0.2) is 17.1 Å². The molecule has 0 saturated carbocycles. The Kier molecular flexibility index (Phi) is 5.42. The van der Waals surface area contributed by atoms with Gasteiger partial charge in [0.15, 0.2) is 0 Å². The molecule has 2 aromatic rings. The Bertz CT molecular complexity index is 990. The number of anilines is 2. The fourth-order valence-electron chi connectivity index (χ4n) is 3.65. The van der Waals surface area contributed by atoms with Gasteiger partial charge in [0.05, 0.1) is 16.5 Å². The van der Waals surface area contributed by atoms with Gasteiger partial charge in [-0.25, -0.2) is 0 Å². The van der Waals surface area contributed by atoms with E-state index in [0.717, 1.165) is 36.1 Å². The molecule has 0 unspecified atom stereocenters. The van der Waals surface area contributed by atoms with Gasteiger partial charge in [-0.05, 0) is 56.4 Å². The van der Waals surface area contributed by atoms with Crippen molar-refractivity contribution >= 4 is 45.6 Å². The maximum absolute atomic E-state index is 12.8. The van der Waals surface area contributed by atoms with Gasteiger partial charge >= 0.3 is 0 Å². The molecule has 7 heteroatoms. The summed E-state index contributed by atoms with van der Waals surface area (Å²) in [6, 6.07) is 7.64. The smallest absolute Gasteiger partial charge is 0.256 e. The van der Waals surface area contributed by atoms with Gasteiger partial charge in [-0.3, -0.25) is 9.59 Å². The summed E-state index contributed by atoms with van der Waals surface area (Å²) in [4.78, 5) is 26.9. The van der Waals surface area contributed by atoms with E-state index in [0.29, 0.717) is 21.8 Å². The van der Waals surface area contributed by atoms with E-state index in [1.807, 2.05) is 13.0 Å². The molecule has 4 rings (SSSR count). The molecule has 144 valence electrons. The number of amides is 2. The van der Waals surface area contributed by atoms with Crippen LogP contribution in [0.25, 0.3) is 0 Å². The molecule has 1 aromatic heterocycles. The first-order valence-corrected chi connectivity index (χ1v) is 11.2. The van der Waals surface area contributed by atoms with Crippen LogP contribution >= 0.6 is 23.1 Å². The summed E-state index contributed by atoms with van der Waals surface area (Å²) in [6.45, 7) is 1.86. The molecule has 1 atom stereocenters. The zero-order valence-electron chi connectivity index (χ0n) is 15.6. The minimum atomic E-state index is -0.258. The zero-order chi connectivity index (χ0) is 19.7. The lowest BCUT2D eigenvalue weighted by Gasteiger charge is -2.21. The van der Waals surface area contributed by atoms with Crippen molar-refractivity contribution in [3.05, 3.63) is 39.8 Å². The number of hydrogen-bond donors (Lipinski definition) is 2. The van der Waals surface area contributed by atoms with Gasteiger partial charge in [0.2, 0.25) is 5.91 Å². The number of fused-ring (bicyclic) bond motifs is 2. The maximum Gasteiger partial charge on any atom is 0.256 e. The number of nitriles is 1. The number of benzene rings is 1. The van der Waals surface area contributed by atoms with Crippen molar-refractivity contribution in [3.63, 3.8) is 0 Å². The summed E-state index contributed by atoms with van der Waals surface area (Å²) in [5.41, 5.74) is 2.87. The number of thioether (sulfide) groups is 1. The first-order valence-electron chi connectivity index (χ1n) is 9.54. The maximum atomic E-state index is 12.8. The topological polar surface area (TPSA) is 82.0 Å². The van der Waals surface area contributed by atoms with Crippen molar-refractivity contribution < 1.29 is 9.59 Å². The van der Waals surface area contributed by atoms with Crippen molar-refractivity contribution in [1.29, 1.82) is 5.26 Å². The molecule has 1 aromatic carbocycles. The fraction of sp³-hybridized carbons (Fsp3) is 0.381. The molecule has 1 aliphatic carbocycles. The number of thiophene rings is 1. The number of aryl methyl sites for hydroxylation is 1. The molecule has 2 amide bonds. The standard InChI is InChI=1S/C21H21N3O2S2/c1-12-19(25)23-16-10-13(8-9-18(16)27-12)20(26)24-21-15(11-22)14-6-4-2-3-5-7-17(14)28-21/h8-10,12H,2-7H2,1H3,(H,23,25)(H,24,26)/t12-/m1/s1. The molecule has 2 aliphatic rings. The highest BCUT2D eigenvalue weighted by atomic mass is 32.2. The molecule has 0 radical (unpaired) electrons. The molecular weight excluding hydrogens is 390 g/mol. The summed E-state index contributed by atoms with van der Waals surface area (Å²) >= 11 is 3.02. The first-order chi connectivity index (χ1) is 13.6. The van der Waals surface area contributed by atoms with Crippen LogP contribution in [0.5, 0.6) is 0 Å². The van der Waals surface area contributed by atoms with E-state index in [1.165, 1.54) is 40.8 Å². The number of nitrogens with one attached hydrogen (secondary N) is 2. The van der Waals surface area contributed by atoms with E-state index in [9.17, 15) is 14.9 Å². The third kappa shape index (κ3) is 3.67. The van der Waals surface area contributed by atoms with Gasteiger partial charge < -0.3 is 10.6 Å². The number of nitrogens with zero attached hydrogens (tertiary/aromatic N) is 1. The van der Waals surface area contributed by atoms with Gasteiger partial charge in [0.1, 0.15) is 11.1 Å². The summed E-state index contributed by atoms with van der Waals surface area (Å²) < 4.78 is 0. The lowest BCUT2D eigenvalue weighted by Crippen LogP contribution is -2.26. The van der Waals surface area contributed by atoms with E-state index in [-0.39, 0.29) is 17.1 Å². The number of hydrogen-bond acceptors (Lipinski definition) is 5. The summed E-state index contributed by atoms with van der Waals surface area (Å²) in [6.07, 6.45) is 6.52. The van der Waals surface area contributed by atoms with E-state index >= 15 is 0 Å². The van der Waals surface area contributed by atoms with E-state index in [1.54, 1.807) is 12.1 Å². The largest absolute Gasteiger partial charge is 0.324 e. The Labute approximate surface area is 172 Å². The van der Waals surface area contributed by atoms with E-state index in [4.69, 9.17) is 0 Å². The lowest BCUT2D eigenvalue weighted by molar-refractivity contribution is -0.115. The van der Waals surface area contributed by atoms with Crippen molar-refractivity contribution in [2.24, 2.45) is 0 Å². The van der Waals surface area contributed by atoms with Crippen LogP contribution in [-0.2, 0) is 17.6 Å². The predicted molar refractivity (Wildman–Crippen MR) is 113 cm³/mol. The molecule has 1 aliphatic heterocycles. The Hall–Kier alpha value is -2.30. The van der Waals surface area contributed by atoms with Gasteiger partial charge in [-0.2, -0.15) is 5.26 Å². The average Bonchev–Trinajstić information content (AvgIpc) is 2.97. The zero-order valence-corrected chi connectivity index (χ0v) is 17.3. The van der Waals surface area contributed by atoms with Crippen LogP contribution in [0.3, 0.4) is 0 Å². The van der Waals surface area contributed by atoms with Crippen molar-refractivity contribution in [3.8, 4) is 6.07 Å². The molecule has 5 nitrogen and oxygen atoms in total. The van der Waals surface area contributed by atoms with Crippen LogP contribution in [0.2, 0.25) is 0 Å². The average molecular weight is 412 g/mol. The fourth-order valence-corrected chi connectivity index (χ4v) is 5.82. The Morgan fingerprint density at radius 2 is 2.04 bits per heavy atom. The minimum Gasteiger partial charge on any atom is -0.324 e. The quantitative estimate of drug-likeness (QED) is 0.731. The highest BCUT2D eigenvalue weighted by Gasteiger charge is 2.25. The Morgan fingerprint density at radius 3 is 2.82 bits per heavy atom. The highest BCUT2D eigenvalue weighted by Crippen LogP contribution is 2.38. The highest BCUT2D eigenvalue weighted by molar-refractivity contribution is 8.00. The Balaban J connectivity index is 1.59. The van der Waals surface area contributed by atoms with Crippen LogP contribution in [0.15, 0.2) is 23.1 Å². The SMILES string of the molecule is C[C@H]1Sc2ccc(C(=O)Nc3sc4c(c3C#N)CCCCCC4)cc2NC1=O. The molecular formula is C21H21N3O2S2.